The molecule has 1 aromatic heterocycles. The highest BCUT2D eigenvalue weighted by Crippen LogP contribution is 2.41. The molecular weight excluding hydrogens is 320 g/mol. The van der Waals surface area contributed by atoms with Gasteiger partial charge in [-0.2, -0.15) is 0 Å². The maximum absolute atomic E-state index is 5.27. The molecule has 0 saturated heterocycles. The van der Waals surface area contributed by atoms with Crippen LogP contribution >= 0.6 is 0 Å². The van der Waals surface area contributed by atoms with Crippen LogP contribution in [-0.4, -0.2) is 16.7 Å². The van der Waals surface area contributed by atoms with Crippen LogP contribution in [0.5, 0.6) is 5.75 Å². The van der Waals surface area contributed by atoms with Crippen molar-refractivity contribution in [3.63, 3.8) is 0 Å². The zero-order chi connectivity index (χ0) is 17.5. The molecule has 26 heavy (non-hydrogen) atoms. The Labute approximate surface area is 152 Å². The van der Waals surface area contributed by atoms with Crippen LogP contribution in [0.3, 0.4) is 0 Å². The van der Waals surface area contributed by atoms with Crippen molar-refractivity contribution in [2.75, 3.05) is 7.11 Å². The summed E-state index contributed by atoms with van der Waals surface area (Å²) in [6.45, 7) is 0.844. The molecule has 1 aliphatic carbocycles. The predicted octanol–water partition coefficient (Wildman–Crippen LogP) is 5.07. The van der Waals surface area contributed by atoms with Gasteiger partial charge in [0.05, 0.1) is 18.5 Å². The van der Waals surface area contributed by atoms with Crippen molar-refractivity contribution in [2.45, 2.75) is 6.54 Å². The van der Waals surface area contributed by atoms with Crippen LogP contribution in [0.4, 0.5) is 0 Å². The third-order valence-electron chi connectivity index (χ3n) is 4.97. The Morgan fingerprint density at radius 2 is 1.73 bits per heavy atom. The predicted molar refractivity (Wildman–Crippen MR) is 106 cm³/mol. The first kappa shape index (κ1) is 15.0. The largest absolute Gasteiger partial charge is 0.497 e. The Morgan fingerprint density at radius 3 is 2.50 bits per heavy atom. The van der Waals surface area contributed by atoms with E-state index in [9.17, 15) is 0 Å². The SMILES string of the molecule is COc1ccc(-c2nc3c4n2CC=C4C(c2ccccc2)=CC=C3)cc1. The average Bonchev–Trinajstić information content (AvgIpc) is 3.22. The molecule has 0 N–H and O–H groups in total. The van der Waals surface area contributed by atoms with E-state index in [0.29, 0.717) is 0 Å². The summed E-state index contributed by atoms with van der Waals surface area (Å²) in [5.74, 6) is 1.86. The molecule has 0 saturated carbocycles. The lowest BCUT2D eigenvalue weighted by Gasteiger charge is -2.09. The monoisotopic (exact) mass is 338 g/mol. The normalized spacial score (nSPS) is 14.5. The van der Waals surface area contributed by atoms with Gasteiger partial charge in [0.1, 0.15) is 11.6 Å². The fourth-order valence-corrected chi connectivity index (χ4v) is 3.72. The maximum atomic E-state index is 5.27. The van der Waals surface area contributed by atoms with Gasteiger partial charge >= 0.3 is 0 Å². The Hall–Kier alpha value is -3.33. The molecule has 2 aromatic carbocycles. The van der Waals surface area contributed by atoms with Crippen molar-refractivity contribution in [2.24, 2.45) is 0 Å². The molecular formula is C23H18N2O. The minimum absolute atomic E-state index is 0.844. The van der Waals surface area contributed by atoms with Crippen LogP contribution < -0.4 is 4.74 Å². The van der Waals surface area contributed by atoms with E-state index in [1.165, 1.54) is 22.4 Å². The smallest absolute Gasteiger partial charge is 0.141 e. The molecule has 3 aromatic rings. The van der Waals surface area contributed by atoms with E-state index in [1.54, 1.807) is 7.11 Å². The number of benzene rings is 2. The summed E-state index contributed by atoms with van der Waals surface area (Å²) < 4.78 is 7.58. The van der Waals surface area contributed by atoms with Gasteiger partial charge in [-0.1, -0.05) is 48.6 Å². The van der Waals surface area contributed by atoms with Crippen LogP contribution in [0.2, 0.25) is 0 Å². The highest BCUT2D eigenvalue weighted by Gasteiger charge is 2.27. The van der Waals surface area contributed by atoms with E-state index in [4.69, 9.17) is 9.72 Å². The number of imidazole rings is 1. The van der Waals surface area contributed by atoms with E-state index in [1.807, 2.05) is 12.1 Å². The second-order valence-corrected chi connectivity index (χ2v) is 6.43. The van der Waals surface area contributed by atoms with Crippen LogP contribution in [0.15, 0.2) is 72.8 Å². The summed E-state index contributed by atoms with van der Waals surface area (Å²) >= 11 is 0. The Morgan fingerprint density at radius 1 is 0.923 bits per heavy atom. The first-order valence-electron chi connectivity index (χ1n) is 8.75. The van der Waals surface area contributed by atoms with Gasteiger partial charge in [-0.05, 0) is 41.5 Å². The van der Waals surface area contributed by atoms with Gasteiger partial charge in [0.15, 0.2) is 0 Å². The van der Waals surface area contributed by atoms with E-state index in [-0.39, 0.29) is 0 Å². The van der Waals surface area contributed by atoms with Crippen molar-refractivity contribution in [3.05, 3.63) is 89.8 Å². The topological polar surface area (TPSA) is 27.1 Å². The number of allylic oxidation sites excluding steroid dienone is 5. The lowest BCUT2D eigenvalue weighted by atomic mass is 9.96. The fourth-order valence-electron chi connectivity index (χ4n) is 3.72. The molecule has 126 valence electrons. The van der Waals surface area contributed by atoms with Gasteiger partial charge < -0.3 is 9.30 Å². The Bertz CT molecular complexity index is 1070. The second-order valence-electron chi connectivity index (χ2n) is 6.43. The van der Waals surface area contributed by atoms with Gasteiger partial charge in [-0.25, -0.2) is 4.98 Å². The van der Waals surface area contributed by atoms with E-state index >= 15 is 0 Å². The molecule has 0 unspecified atom stereocenters. The van der Waals surface area contributed by atoms with Crippen molar-refractivity contribution >= 4 is 17.2 Å². The molecule has 0 atom stereocenters. The molecule has 3 nitrogen and oxygen atoms in total. The van der Waals surface area contributed by atoms with E-state index in [2.05, 4.69) is 71.3 Å². The molecule has 5 rings (SSSR count). The van der Waals surface area contributed by atoms with Crippen molar-refractivity contribution in [1.82, 2.24) is 9.55 Å². The van der Waals surface area contributed by atoms with Crippen LogP contribution in [-0.2, 0) is 6.54 Å². The number of ether oxygens (including phenoxy) is 1. The van der Waals surface area contributed by atoms with E-state index < -0.39 is 0 Å². The zero-order valence-electron chi connectivity index (χ0n) is 14.5. The number of rotatable bonds is 3. The summed E-state index contributed by atoms with van der Waals surface area (Å²) in [7, 11) is 1.69. The third-order valence-corrected chi connectivity index (χ3v) is 4.97. The molecule has 0 bridgehead atoms. The molecule has 0 fully saturated rings. The van der Waals surface area contributed by atoms with Crippen molar-refractivity contribution in [3.8, 4) is 17.1 Å². The number of methoxy groups -OCH3 is 1. The van der Waals surface area contributed by atoms with Crippen LogP contribution in [0, 0.1) is 0 Å². The highest BCUT2D eigenvalue weighted by molar-refractivity contribution is 6.08. The van der Waals surface area contributed by atoms with Gasteiger partial charge in [0.25, 0.3) is 0 Å². The first-order chi connectivity index (χ1) is 12.8. The highest BCUT2D eigenvalue weighted by atomic mass is 16.5. The summed E-state index contributed by atoms with van der Waals surface area (Å²) in [5.41, 5.74) is 7.09. The lowest BCUT2D eigenvalue weighted by molar-refractivity contribution is 0.415. The van der Waals surface area contributed by atoms with Gasteiger partial charge in [-0.3, -0.25) is 0 Å². The minimum Gasteiger partial charge on any atom is -0.497 e. The molecule has 0 spiro atoms. The summed E-state index contributed by atoms with van der Waals surface area (Å²) in [6, 6.07) is 18.6. The fraction of sp³-hybridized carbons (Fsp3) is 0.0870. The third kappa shape index (κ3) is 2.25. The molecule has 1 aliphatic heterocycles. The molecule has 0 amide bonds. The van der Waals surface area contributed by atoms with Gasteiger partial charge in [0.2, 0.25) is 0 Å². The minimum atomic E-state index is 0.844. The maximum Gasteiger partial charge on any atom is 0.141 e. The summed E-state index contributed by atoms with van der Waals surface area (Å²) in [5, 5.41) is 0. The molecule has 2 heterocycles. The van der Waals surface area contributed by atoms with Gasteiger partial charge in [-0.15, -0.1) is 0 Å². The van der Waals surface area contributed by atoms with Crippen molar-refractivity contribution < 1.29 is 4.74 Å². The molecule has 0 radical (unpaired) electrons. The number of nitrogens with zero attached hydrogens (tertiary/aromatic N) is 2. The quantitative estimate of drug-likeness (QED) is 0.667. The van der Waals surface area contributed by atoms with E-state index in [0.717, 1.165) is 29.4 Å². The summed E-state index contributed by atoms with van der Waals surface area (Å²) in [6.07, 6.45) is 8.70. The van der Waals surface area contributed by atoms with Crippen LogP contribution in [0.25, 0.3) is 28.6 Å². The Kier molecular flexibility index (Phi) is 3.39. The van der Waals surface area contributed by atoms with Crippen molar-refractivity contribution in [1.29, 1.82) is 0 Å². The standard InChI is InChI=1S/C23H18N2O/c1-26-18-12-10-17(11-13-18)23-24-21-9-5-8-19(16-6-3-2-4-7-16)20-14-15-25(23)22(20)21/h2-14H,15H2,1H3. The Balaban J connectivity index is 1.62. The molecule has 2 aliphatic rings. The number of aromatic nitrogens is 2. The first-order valence-corrected chi connectivity index (χ1v) is 8.75. The number of hydrogen-bond donors (Lipinski definition) is 0. The average molecular weight is 338 g/mol. The second kappa shape index (κ2) is 5.88. The van der Waals surface area contributed by atoms with Gasteiger partial charge in [0, 0.05) is 17.7 Å². The zero-order valence-corrected chi connectivity index (χ0v) is 14.5. The summed E-state index contributed by atoms with van der Waals surface area (Å²) in [4.78, 5) is 4.93. The lowest BCUT2D eigenvalue weighted by Crippen LogP contribution is -1.98. The van der Waals surface area contributed by atoms with Crippen LogP contribution in [0.1, 0.15) is 17.0 Å². The number of hydrogen-bond acceptors (Lipinski definition) is 2. The molecule has 3 heteroatoms.